The fourth-order valence-electron chi connectivity index (χ4n) is 5.28. The third kappa shape index (κ3) is 5.02. The fourth-order valence-corrected chi connectivity index (χ4v) is 5.28. The maximum atomic E-state index is 13.0. The lowest BCUT2D eigenvalue weighted by Crippen LogP contribution is -2.42. The zero-order valence-corrected chi connectivity index (χ0v) is 17.3. The number of rotatable bonds is 4. The molecule has 31 heavy (non-hydrogen) atoms. The summed E-state index contributed by atoms with van der Waals surface area (Å²) in [5.74, 6) is -1.18. The van der Waals surface area contributed by atoms with Gasteiger partial charge >= 0.3 is 12.1 Å². The number of alkyl halides is 3. The van der Waals surface area contributed by atoms with Crippen molar-refractivity contribution in [3.63, 3.8) is 0 Å². The normalized spacial score (nSPS) is 28.9. The predicted octanol–water partition coefficient (Wildman–Crippen LogP) is 3.39. The highest BCUT2D eigenvalue weighted by molar-refractivity contribution is 5.79. The van der Waals surface area contributed by atoms with E-state index >= 15 is 0 Å². The highest BCUT2D eigenvalue weighted by Gasteiger charge is 2.37. The van der Waals surface area contributed by atoms with E-state index in [0.717, 1.165) is 44.4 Å². The van der Waals surface area contributed by atoms with Crippen LogP contribution in [0.5, 0.6) is 0 Å². The van der Waals surface area contributed by atoms with Crippen LogP contribution in [-0.2, 0) is 28.7 Å². The molecule has 0 saturated heterocycles. The summed E-state index contributed by atoms with van der Waals surface area (Å²) in [6, 6.07) is 1.47. The first kappa shape index (κ1) is 22.0. The van der Waals surface area contributed by atoms with Crippen LogP contribution in [-0.4, -0.2) is 45.5 Å². The minimum atomic E-state index is -4.45. The molecule has 3 aliphatic rings. The van der Waals surface area contributed by atoms with Crippen molar-refractivity contribution in [2.24, 2.45) is 11.8 Å². The Labute approximate surface area is 179 Å². The second kappa shape index (κ2) is 8.76. The van der Waals surface area contributed by atoms with Gasteiger partial charge in [-0.05, 0) is 50.2 Å². The summed E-state index contributed by atoms with van der Waals surface area (Å²) in [6.45, 7) is 0.643. The third-order valence-electron chi connectivity index (χ3n) is 6.96. The predicted molar refractivity (Wildman–Crippen MR) is 106 cm³/mol. The standard InChI is InChI=1S/C22H28F3N3O3/c23-22(24,25)16-8-15-12-28(7-6-19(15)26-11-16)20(29)13-4-5-18(9-13)27-17-3-1-2-14(10-17)21(30)31/h8,11,13-14,17-18,27H,1-7,9-10,12H2,(H,30,31). The molecule has 4 atom stereocenters. The zero-order valence-electron chi connectivity index (χ0n) is 17.3. The molecule has 0 bridgehead atoms. The number of aliphatic carboxylic acids is 1. The molecule has 2 saturated carbocycles. The minimum absolute atomic E-state index is 0.000539. The van der Waals surface area contributed by atoms with Crippen LogP contribution in [0.4, 0.5) is 13.2 Å². The van der Waals surface area contributed by atoms with Gasteiger partial charge in [0.25, 0.3) is 0 Å². The van der Waals surface area contributed by atoms with E-state index in [0.29, 0.717) is 37.1 Å². The van der Waals surface area contributed by atoms with Gasteiger partial charge in [0.05, 0.1) is 11.5 Å². The molecular weight excluding hydrogens is 411 g/mol. The van der Waals surface area contributed by atoms with E-state index in [1.165, 1.54) is 0 Å². The molecule has 2 heterocycles. The molecule has 2 fully saturated rings. The van der Waals surface area contributed by atoms with Crippen molar-refractivity contribution in [2.75, 3.05) is 6.54 Å². The van der Waals surface area contributed by atoms with Crippen molar-refractivity contribution >= 4 is 11.9 Å². The first-order valence-corrected chi connectivity index (χ1v) is 11.0. The summed E-state index contributed by atoms with van der Waals surface area (Å²) in [7, 11) is 0. The minimum Gasteiger partial charge on any atom is -0.481 e. The summed E-state index contributed by atoms with van der Waals surface area (Å²) in [5.41, 5.74) is 0.329. The average molecular weight is 439 g/mol. The number of aromatic nitrogens is 1. The second-order valence-corrected chi connectivity index (χ2v) is 9.11. The molecule has 170 valence electrons. The topological polar surface area (TPSA) is 82.5 Å². The molecule has 0 spiro atoms. The molecule has 1 aromatic heterocycles. The number of hydrogen-bond donors (Lipinski definition) is 2. The van der Waals surface area contributed by atoms with Crippen LogP contribution in [0, 0.1) is 11.8 Å². The number of hydrogen-bond acceptors (Lipinski definition) is 4. The average Bonchev–Trinajstić information content (AvgIpc) is 3.20. The number of pyridine rings is 1. The number of amides is 1. The number of halogens is 3. The smallest absolute Gasteiger partial charge is 0.417 e. The van der Waals surface area contributed by atoms with Gasteiger partial charge in [0, 0.05) is 49.4 Å². The fraction of sp³-hybridized carbons (Fsp3) is 0.682. The third-order valence-corrected chi connectivity index (χ3v) is 6.96. The van der Waals surface area contributed by atoms with Gasteiger partial charge in [0.15, 0.2) is 0 Å². The monoisotopic (exact) mass is 439 g/mol. The van der Waals surface area contributed by atoms with Crippen LogP contribution >= 0.6 is 0 Å². The van der Waals surface area contributed by atoms with E-state index in [9.17, 15) is 27.9 Å². The first-order chi connectivity index (χ1) is 14.7. The Morgan fingerprint density at radius 2 is 1.84 bits per heavy atom. The van der Waals surface area contributed by atoms with Crippen LogP contribution in [0.2, 0.25) is 0 Å². The van der Waals surface area contributed by atoms with Gasteiger partial charge < -0.3 is 15.3 Å². The second-order valence-electron chi connectivity index (χ2n) is 9.11. The van der Waals surface area contributed by atoms with Crippen molar-refractivity contribution in [3.05, 3.63) is 29.1 Å². The maximum absolute atomic E-state index is 13.0. The molecular formula is C22H28F3N3O3. The van der Waals surface area contributed by atoms with Gasteiger partial charge in [-0.2, -0.15) is 13.2 Å². The van der Waals surface area contributed by atoms with Crippen LogP contribution in [0.25, 0.3) is 0 Å². The molecule has 9 heteroatoms. The van der Waals surface area contributed by atoms with E-state index in [1.54, 1.807) is 4.90 Å². The Morgan fingerprint density at radius 1 is 1.10 bits per heavy atom. The van der Waals surface area contributed by atoms with Gasteiger partial charge in [-0.3, -0.25) is 14.6 Å². The number of carbonyl (C=O) groups excluding carboxylic acids is 1. The lowest BCUT2D eigenvalue weighted by atomic mass is 9.85. The van der Waals surface area contributed by atoms with Crippen molar-refractivity contribution in [2.45, 2.75) is 76.2 Å². The molecule has 4 rings (SSSR count). The number of carbonyl (C=O) groups is 2. The number of fused-ring (bicyclic) bond motifs is 1. The highest BCUT2D eigenvalue weighted by Crippen LogP contribution is 2.34. The lowest BCUT2D eigenvalue weighted by Gasteiger charge is -2.31. The Kier molecular flexibility index (Phi) is 6.23. The van der Waals surface area contributed by atoms with Gasteiger partial charge in [-0.15, -0.1) is 0 Å². The van der Waals surface area contributed by atoms with E-state index in [2.05, 4.69) is 10.3 Å². The SMILES string of the molecule is O=C(O)C1CCCC(NC2CCC(C(=O)N3CCc4ncc(C(F)(F)F)cc4C3)C2)C1. The van der Waals surface area contributed by atoms with Gasteiger partial charge in [0.2, 0.25) is 5.91 Å². The van der Waals surface area contributed by atoms with Gasteiger partial charge in [-0.1, -0.05) is 6.42 Å². The molecule has 1 amide bonds. The van der Waals surface area contributed by atoms with E-state index in [4.69, 9.17) is 0 Å². The largest absolute Gasteiger partial charge is 0.481 e. The number of carboxylic acid groups (broad SMARTS) is 1. The van der Waals surface area contributed by atoms with E-state index in [-0.39, 0.29) is 36.4 Å². The van der Waals surface area contributed by atoms with E-state index in [1.807, 2.05) is 0 Å². The first-order valence-electron chi connectivity index (χ1n) is 11.0. The van der Waals surface area contributed by atoms with E-state index < -0.39 is 17.7 Å². The summed E-state index contributed by atoms with van der Waals surface area (Å²) >= 11 is 0. The van der Waals surface area contributed by atoms with Gasteiger partial charge in [-0.25, -0.2) is 0 Å². The Bertz CT molecular complexity index is 845. The van der Waals surface area contributed by atoms with Crippen molar-refractivity contribution in [3.8, 4) is 0 Å². The van der Waals surface area contributed by atoms with Crippen molar-refractivity contribution in [1.29, 1.82) is 0 Å². The molecule has 1 aromatic rings. The quantitative estimate of drug-likeness (QED) is 0.752. The van der Waals surface area contributed by atoms with Crippen LogP contribution in [0.3, 0.4) is 0 Å². The summed E-state index contributed by atoms with van der Waals surface area (Å²) in [5, 5.41) is 12.8. The summed E-state index contributed by atoms with van der Waals surface area (Å²) in [6.07, 6.45) is 2.37. The van der Waals surface area contributed by atoms with Crippen LogP contribution in [0.15, 0.2) is 12.3 Å². The highest BCUT2D eigenvalue weighted by atomic mass is 19.4. The molecule has 6 nitrogen and oxygen atoms in total. The van der Waals surface area contributed by atoms with Crippen LogP contribution in [0.1, 0.15) is 61.8 Å². The Hall–Kier alpha value is -2.16. The van der Waals surface area contributed by atoms with Crippen molar-refractivity contribution in [1.82, 2.24) is 15.2 Å². The number of nitrogens with zero attached hydrogens (tertiary/aromatic N) is 2. The van der Waals surface area contributed by atoms with Crippen molar-refractivity contribution < 1.29 is 27.9 Å². The molecule has 2 N–H and O–H groups in total. The molecule has 0 radical (unpaired) electrons. The van der Waals surface area contributed by atoms with Crippen LogP contribution < -0.4 is 5.32 Å². The Morgan fingerprint density at radius 3 is 2.58 bits per heavy atom. The molecule has 2 aliphatic carbocycles. The van der Waals surface area contributed by atoms with Gasteiger partial charge in [0.1, 0.15) is 0 Å². The maximum Gasteiger partial charge on any atom is 0.417 e. The molecule has 1 aliphatic heterocycles. The zero-order chi connectivity index (χ0) is 22.2. The number of carboxylic acids is 1. The molecule has 4 unspecified atom stereocenters. The summed E-state index contributed by atoms with van der Waals surface area (Å²) in [4.78, 5) is 29.9. The number of nitrogens with one attached hydrogen (secondary N) is 1. The Balaban J connectivity index is 1.33. The summed E-state index contributed by atoms with van der Waals surface area (Å²) < 4.78 is 39.0. The molecule has 0 aromatic carbocycles. The lowest BCUT2D eigenvalue weighted by molar-refractivity contribution is -0.143.